The first-order valence-electron chi connectivity index (χ1n) is 11.9. The van der Waals surface area contributed by atoms with Crippen LogP contribution in [0.1, 0.15) is 44.9 Å². The Hall–Kier alpha value is -4.28. The van der Waals surface area contributed by atoms with Gasteiger partial charge in [0.15, 0.2) is 0 Å². The lowest BCUT2D eigenvalue weighted by atomic mass is 10.0. The molecule has 0 radical (unpaired) electrons. The molecule has 2 N–H and O–H groups in total. The number of rotatable bonds is 9. The minimum atomic E-state index is -1.18. The van der Waals surface area contributed by atoms with Crippen molar-refractivity contribution in [2.45, 2.75) is 52.7 Å². The van der Waals surface area contributed by atoms with Crippen LogP contribution in [0.4, 0.5) is 0 Å². The van der Waals surface area contributed by atoms with E-state index in [9.17, 15) is 19.5 Å². The highest BCUT2D eigenvalue weighted by molar-refractivity contribution is 5.91. The number of tetrazole rings is 1. The number of hydrogen-bond donors (Lipinski definition) is 2. The number of carbonyl (C=O) groups excluding carboxylic acids is 3. The summed E-state index contributed by atoms with van der Waals surface area (Å²) in [7, 11) is 0. The van der Waals surface area contributed by atoms with Gasteiger partial charge in [-0.25, -0.2) is 0 Å². The fourth-order valence-corrected chi connectivity index (χ4v) is 3.58. The standard InChI is InChI=1S/C26H32N6O5/c1-6-37-22(35)16-31(23(25(36)27-26(3,4)5)18-11-13-20(33)14-12-18)21(34)15-32-29-24(28-30-32)19-9-7-17(2)8-10-19/h7-14,23,33H,6,15-16H2,1-5H3,(H,27,36)/t23-/m1/s1. The van der Waals surface area contributed by atoms with Crippen molar-refractivity contribution in [3.8, 4) is 17.1 Å². The van der Waals surface area contributed by atoms with Crippen LogP contribution in [0.5, 0.6) is 5.75 Å². The van der Waals surface area contributed by atoms with Crippen LogP contribution in [0, 0.1) is 6.92 Å². The van der Waals surface area contributed by atoms with Crippen LogP contribution < -0.4 is 5.32 Å². The zero-order chi connectivity index (χ0) is 27.2. The number of aromatic nitrogens is 4. The second kappa shape index (κ2) is 11.6. The molecule has 11 heteroatoms. The molecule has 0 spiro atoms. The van der Waals surface area contributed by atoms with Gasteiger partial charge in [0.05, 0.1) is 6.61 Å². The maximum Gasteiger partial charge on any atom is 0.325 e. The third-order valence-electron chi connectivity index (χ3n) is 5.23. The van der Waals surface area contributed by atoms with Crippen molar-refractivity contribution in [1.82, 2.24) is 30.4 Å². The second-order valence-corrected chi connectivity index (χ2v) is 9.57. The fraction of sp³-hybridized carbons (Fsp3) is 0.385. The van der Waals surface area contributed by atoms with Crippen molar-refractivity contribution < 1.29 is 24.2 Å². The van der Waals surface area contributed by atoms with Crippen LogP contribution >= 0.6 is 0 Å². The Kier molecular flexibility index (Phi) is 8.59. The Morgan fingerprint density at radius 2 is 1.73 bits per heavy atom. The third-order valence-corrected chi connectivity index (χ3v) is 5.23. The summed E-state index contributed by atoms with van der Waals surface area (Å²) in [5.74, 6) is -1.43. The molecule has 0 aliphatic rings. The molecule has 3 rings (SSSR count). The molecule has 196 valence electrons. The maximum atomic E-state index is 13.6. The van der Waals surface area contributed by atoms with Crippen molar-refractivity contribution in [3.63, 3.8) is 0 Å². The van der Waals surface area contributed by atoms with Crippen LogP contribution in [0.15, 0.2) is 48.5 Å². The minimum Gasteiger partial charge on any atom is -0.508 e. The molecule has 3 aromatic rings. The normalized spacial score (nSPS) is 12.0. The second-order valence-electron chi connectivity index (χ2n) is 9.57. The van der Waals surface area contributed by atoms with E-state index in [0.717, 1.165) is 20.8 Å². The first-order chi connectivity index (χ1) is 17.5. The predicted molar refractivity (Wildman–Crippen MR) is 135 cm³/mol. The topological polar surface area (TPSA) is 140 Å². The molecule has 1 aromatic heterocycles. The molecule has 2 aromatic carbocycles. The van der Waals surface area contributed by atoms with E-state index >= 15 is 0 Å². The number of aryl methyl sites for hydroxylation is 1. The van der Waals surface area contributed by atoms with Gasteiger partial charge in [-0.3, -0.25) is 14.4 Å². The van der Waals surface area contributed by atoms with Gasteiger partial charge in [-0.05, 0) is 57.5 Å². The van der Waals surface area contributed by atoms with Crippen molar-refractivity contribution in [2.75, 3.05) is 13.2 Å². The lowest BCUT2D eigenvalue weighted by molar-refractivity contribution is -0.153. The molecule has 37 heavy (non-hydrogen) atoms. The molecular formula is C26H32N6O5. The van der Waals surface area contributed by atoms with Crippen LogP contribution in [0.2, 0.25) is 0 Å². The Labute approximate surface area is 215 Å². The van der Waals surface area contributed by atoms with E-state index in [-0.39, 0.29) is 18.9 Å². The molecule has 2 amide bonds. The summed E-state index contributed by atoms with van der Waals surface area (Å²) in [4.78, 5) is 41.7. The van der Waals surface area contributed by atoms with Gasteiger partial charge >= 0.3 is 5.97 Å². The lowest BCUT2D eigenvalue weighted by Crippen LogP contribution is -2.51. The number of nitrogens with one attached hydrogen (secondary N) is 1. The summed E-state index contributed by atoms with van der Waals surface area (Å²) in [6.07, 6.45) is 0. The monoisotopic (exact) mass is 508 g/mol. The average Bonchev–Trinajstić information content (AvgIpc) is 3.27. The van der Waals surface area contributed by atoms with E-state index in [1.807, 2.05) is 52.0 Å². The van der Waals surface area contributed by atoms with Crippen molar-refractivity contribution in [2.24, 2.45) is 0 Å². The van der Waals surface area contributed by atoms with Crippen LogP contribution in [-0.4, -0.2) is 66.7 Å². The zero-order valence-corrected chi connectivity index (χ0v) is 21.6. The molecular weight excluding hydrogens is 476 g/mol. The van der Waals surface area contributed by atoms with Gasteiger partial charge in [-0.1, -0.05) is 42.0 Å². The smallest absolute Gasteiger partial charge is 0.325 e. The van der Waals surface area contributed by atoms with E-state index in [1.54, 1.807) is 6.92 Å². The number of esters is 1. The van der Waals surface area contributed by atoms with Gasteiger partial charge in [0.2, 0.25) is 17.6 Å². The lowest BCUT2D eigenvalue weighted by Gasteiger charge is -2.33. The van der Waals surface area contributed by atoms with Crippen LogP contribution in [0.3, 0.4) is 0 Å². The number of carbonyl (C=O) groups is 3. The summed E-state index contributed by atoms with van der Waals surface area (Å²) in [6, 6.07) is 12.2. The largest absolute Gasteiger partial charge is 0.508 e. The van der Waals surface area contributed by atoms with Gasteiger partial charge in [0.1, 0.15) is 24.9 Å². The number of ether oxygens (including phenoxy) is 1. The van der Waals surface area contributed by atoms with Crippen molar-refractivity contribution >= 4 is 17.8 Å². The highest BCUT2D eigenvalue weighted by atomic mass is 16.5. The van der Waals surface area contributed by atoms with Crippen LogP contribution in [-0.2, 0) is 25.7 Å². The molecule has 0 unspecified atom stereocenters. The minimum absolute atomic E-state index is 0.00236. The zero-order valence-electron chi connectivity index (χ0n) is 21.6. The third kappa shape index (κ3) is 7.60. The number of benzene rings is 2. The number of phenols is 1. The van der Waals surface area contributed by atoms with E-state index in [2.05, 4.69) is 20.7 Å². The molecule has 0 aliphatic carbocycles. The van der Waals surface area contributed by atoms with E-state index in [4.69, 9.17) is 4.74 Å². The number of nitrogens with zero attached hydrogens (tertiary/aromatic N) is 5. The Morgan fingerprint density at radius 3 is 2.32 bits per heavy atom. The van der Waals surface area contributed by atoms with E-state index < -0.39 is 35.9 Å². The first-order valence-corrected chi connectivity index (χ1v) is 11.9. The summed E-state index contributed by atoms with van der Waals surface area (Å²) < 4.78 is 5.08. The van der Waals surface area contributed by atoms with Crippen molar-refractivity contribution in [3.05, 3.63) is 59.7 Å². The fourth-order valence-electron chi connectivity index (χ4n) is 3.58. The SMILES string of the molecule is CCOC(=O)CN(C(=O)Cn1nnc(-c2ccc(C)cc2)n1)[C@@H](C(=O)NC(C)(C)C)c1ccc(O)cc1. The van der Waals surface area contributed by atoms with E-state index in [1.165, 1.54) is 24.3 Å². The highest BCUT2D eigenvalue weighted by Crippen LogP contribution is 2.25. The Bertz CT molecular complexity index is 1230. The number of aromatic hydroxyl groups is 1. The number of phenolic OH excluding ortho intramolecular Hbond substituents is 1. The highest BCUT2D eigenvalue weighted by Gasteiger charge is 2.35. The average molecular weight is 509 g/mol. The maximum absolute atomic E-state index is 13.6. The van der Waals surface area contributed by atoms with Gasteiger partial charge in [-0.2, -0.15) is 4.80 Å². The molecule has 0 fully saturated rings. The van der Waals surface area contributed by atoms with Crippen molar-refractivity contribution in [1.29, 1.82) is 0 Å². The quantitative estimate of drug-likeness (QED) is 0.420. The summed E-state index contributed by atoms with van der Waals surface area (Å²) in [6.45, 7) is 8.31. The molecule has 0 saturated heterocycles. The first kappa shape index (κ1) is 27.3. The molecule has 11 nitrogen and oxygen atoms in total. The van der Waals surface area contributed by atoms with E-state index in [0.29, 0.717) is 11.4 Å². The Morgan fingerprint density at radius 1 is 1.08 bits per heavy atom. The summed E-state index contributed by atoms with van der Waals surface area (Å²) in [5.41, 5.74) is 1.61. The predicted octanol–water partition coefficient (Wildman–Crippen LogP) is 2.40. The van der Waals surface area contributed by atoms with Gasteiger partial charge < -0.3 is 20.1 Å². The molecule has 0 aliphatic heterocycles. The number of amides is 2. The molecule has 1 heterocycles. The van der Waals surface area contributed by atoms with Gasteiger partial charge in [-0.15, -0.1) is 10.2 Å². The number of hydrogen-bond acceptors (Lipinski definition) is 8. The van der Waals surface area contributed by atoms with Crippen LogP contribution in [0.25, 0.3) is 11.4 Å². The molecule has 0 bridgehead atoms. The summed E-state index contributed by atoms with van der Waals surface area (Å²) >= 11 is 0. The molecule has 0 saturated carbocycles. The summed E-state index contributed by atoms with van der Waals surface area (Å²) in [5, 5.41) is 24.9. The van der Waals surface area contributed by atoms with Gasteiger partial charge in [0.25, 0.3) is 0 Å². The van der Waals surface area contributed by atoms with Gasteiger partial charge in [0, 0.05) is 11.1 Å². The molecule has 1 atom stereocenters. The Balaban J connectivity index is 1.95.